The number of halogens is 1. The normalized spacial score (nSPS) is 12.0. The van der Waals surface area contributed by atoms with E-state index in [1.807, 2.05) is 26.0 Å². The van der Waals surface area contributed by atoms with Gasteiger partial charge in [0, 0.05) is 6.42 Å². The van der Waals surface area contributed by atoms with Crippen LogP contribution < -0.4 is 18.1 Å². The lowest BCUT2D eigenvalue weighted by Crippen LogP contribution is -3.00. The summed E-state index contributed by atoms with van der Waals surface area (Å²) in [5.41, 5.74) is 7.62. The molecule has 0 amide bonds. The SMILES string of the molecule is Cc1cc(O)cc(C)c1CC(C)[NH3+].[Cl-]. The Hall–Kier alpha value is -0.730. The second-order valence-electron chi connectivity index (χ2n) is 3.87. The van der Waals surface area contributed by atoms with E-state index in [0.717, 1.165) is 17.5 Å². The van der Waals surface area contributed by atoms with Crippen LogP contribution in [-0.2, 0) is 6.42 Å². The van der Waals surface area contributed by atoms with E-state index in [1.165, 1.54) is 5.56 Å². The van der Waals surface area contributed by atoms with Gasteiger partial charge in [0.25, 0.3) is 0 Å². The van der Waals surface area contributed by atoms with Crippen molar-refractivity contribution < 1.29 is 23.2 Å². The predicted octanol–water partition coefficient (Wildman–Crippen LogP) is -1.81. The summed E-state index contributed by atoms with van der Waals surface area (Å²) in [5.74, 6) is 0.357. The van der Waals surface area contributed by atoms with Crippen molar-refractivity contribution in [1.82, 2.24) is 0 Å². The van der Waals surface area contributed by atoms with Gasteiger partial charge < -0.3 is 23.2 Å². The molecule has 0 saturated heterocycles. The Bertz CT molecular complexity index is 287. The number of hydrogen-bond acceptors (Lipinski definition) is 1. The first kappa shape index (κ1) is 13.3. The molecule has 0 radical (unpaired) electrons. The molecule has 3 heteroatoms. The Morgan fingerprint density at radius 2 is 1.71 bits per heavy atom. The van der Waals surface area contributed by atoms with E-state index in [4.69, 9.17) is 0 Å². The van der Waals surface area contributed by atoms with E-state index in [-0.39, 0.29) is 12.4 Å². The highest BCUT2D eigenvalue weighted by Gasteiger charge is 2.08. The van der Waals surface area contributed by atoms with Gasteiger partial charge in [0.2, 0.25) is 0 Å². The van der Waals surface area contributed by atoms with Crippen molar-refractivity contribution >= 4 is 0 Å². The zero-order chi connectivity index (χ0) is 10.0. The van der Waals surface area contributed by atoms with E-state index < -0.39 is 0 Å². The molecule has 80 valence electrons. The average Bonchev–Trinajstić information content (AvgIpc) is 1.96. The van der Waals surface area contributed by atoms with Crippen LogP contribution in [0.3, 0.4) is 0 Å². The Labute approximate surface area is 91.5 Å². The molecule has 0 aromatic heterocycles. The lowest BCUT2D eigenvalue weighted by atomic mass is 9.97. The van der Waals surface area contributed by atoms with Crippen molar-refractivity contribution in [3.05, 3.63) is 28.8 Å². The fraction of sp³-hybridized carbons (Fsp3) is 0.455. The highest BCUT2D eigenvalue weighted by molar-refractivity contribution is 5.40. The van der Waals surface area contributed by atoms with Crippen molar-refractivity contribution in [2.24, 2.45) is 0 Å². The topological polar surface area (TPSA) is 47.9 Å². The van der Waals surface area contributed by atoms with Crippen LogP contribution in [0.1, 0.15) is 23.6 Å². The van der Waals surface area contributed by atoms with E-state index in [0.29, 0.717) is 11.8 Å². The quantitative estimate of drug-likeness (QED) is 0.600. The molecule has 0 aliphatic heterocycles. The third-order valence-electron chi connectivity index (χ3n) is 2.23. The number of quaternary nitrogens is 1. The lowest BCUT2D eigenvalue weighted by Gasteiger charge is -2.10. The molecule has 1 unspecified atom stereocenters. The first-order valence-corrected chi connectivity index (χ1v) is 4.63. The van der Waals surface area contributed by atoms with Gasteiger partial charge >= 0.3 is 0 Å². The minimum Gasteiger partial charge on any atom is -1.00 e. The van der Waals surface area contributed by atoms with Gasteiger partial charge in [-0.05, 0) is 49.6 Å². The molecule has 0 saturated carbocycles. The van der Waals surface area contributed by atoms with Gasteiger partial charge in [0.15, 0.2) is 0 Å². The molecule has 0 fully saturated rings. The summed E-state index contributed by atoms with van der Waals surface area (Å²) in [6, 6.07) is 4.04. The molecule has 4 N–H and O–H groups in total. The number of hydrogen-bond donors (Lipinski definition) is 2. The molecule has 0 spiro atoms. The Balaban J connectivity index is 0.00000169. The van der Waals surface area contributed by atoms with Crippen LogP contribution in [0.2, 0.25) is 0 Å². The Morgan fingerprint density at radius 1 is 1.29 bits per heavy atom. The van der Waals surface area contributed by atoms with E-state index >= 15 is 0 Å². The predicted molar refractivity (Wildman–Crippen MR) is 53.6 cm³/mol. The van der Waals surface area contributed by atoms with Gasteiger partial charge in [0.1, 0.15) is 5.75 Å². The summed E-state index contributed by atoms with van der Waals surface area (Å²) in [5, 5.41) is 9.34. The molecule has 1 aromatic rings. The van der Waals surface area contributed by atoms with Crippen molar-refractivity contribution in [3.63, 3.8) is 0 Å². The first-order chi connectivity index (χ1) is 6.00. The minimum absolute atomic E-state index is 0. The Kier molecular flexibility index (Phi) is 4.95. The van der Waals surface area contributed by atoms with Crippen molar-refractivity contribution in [1.29, 1.82) is 0 Å². The summed E-state index contributed by atoms with van der Waals surface area (Å²) in [4.78, 5) is 0. The van der Waals surface area contributed by atoms with Crippen LogP contribution in [0.5, 0.6) is 5.75 Å². The smallest absolute Gasteiger partial charge is 0.116 e. The molecule has 0 aliphatic carbocycles. The van der Waals surface area contributed by atoms with Gasteiger partial charge in [-0.25, -0.2) is 0 Å². The summed E-state index contributed by atoms with van der Waals surface area (Å²) < 4.78 is 0. The summed E-state index contributed by atoms with van der Waals surface area (Å²) >= 11 is 0. The number of rotatable bonds is 2. The average molecular weight is 216 g/mol. The van der Waals surface area contributed by atoms with Gasteiger partial charge in [-0.2, -0.15) is 0 Å². The van der Waals surface area contributed by atoms with Crippen molar-refractivity contribution in [2.45, 2.75) is 33.2 Å². The van der Waals surface area contributed by atoms with E-state index in [1.54, 1.807) is 0 Å². The van der Waals surface area contributed by atoms with Crippen LogP contribution >= 0.6 is 0 Å². The number of phenolic OH excluding ortho intramolecular Hbond substituents is 1. The van der Waals surface area contributed by atoms with Crippen LogP contribution in [0.4, 0.5) is 0 Å². The zero-order valence-corrected chi connectivity index (χ0v) is 9.73. The van der Waals surface area contributed by atoms with Crippen molar-refractivity contribution in [3.8, 4) is 5.75 Å². The molecule has 14 heavy (non-hydrogen) atoms. The summed E-state index contributed by atoms with van der Waals surface area (Å²) in [6.07, 6.45) is 0.984. The van der Waals surface area contributed by atoms with Crippen LogP contribution in [-0.4, -0.2) is 11.1 Å². The highest BCUT2D eigenvalue weighted by atomic mass is 35.5. The summed E-state index contributed by atoms with van der Waals surface area (Å²) in [6.45, 7) is 6.17. The van der Waals surface area contributed by atoms with Crippen molar-refractivity contribution in [2.75, 3.05) is 0 Å². The van der Waals surface area contributed by atoms with Gasteiger partial charge in [-0.15, -0.1) is 0 Å². The molecule has 1 aromatic carbocycles. The summed E-state index contributed by atoms with van der Waals surface area (Å²) in [7, 11) is 0. The molecule has 1 atom stereocenters. The second kappa shape index (κ2) is 5.23. The molecule has 0 aliphatic rings. The molecule has 0 heterocycles. The first-order valence-electron chi connectivity index (χ1n) is 4.63. The van der Waals surface area contributed by atoms with Gasteiger partial charge in [-0.1, -0.05) is 0 Å². The molecular formula is C11H18ClNO. The molecular weight excluding hydrogens is 198 g/mol. The third kappa shape index (κ3) is 3.20. The monoisotopic (exact) mass is 215 g/mol. The highest BCUT2D eigenvalue weighted by Crippen LogP contribution is 2.21. The van der Waals surface area contributed by atoms with Gasteiger partial charge in [-0.3, -0.25) is 0 Å². The largest absolute Gasteiger partial charge is 1.00 e. The van der Waals surface area contributed by atoms with Crippen LogP contribution in [0, 0.1) is 13.8 Å². The maximum absolute atomic E-state index is 9.34. The number of benzene rings is 1. The zero-order valence-electron chi connectivity index (χ0n) is 8.97. The third-order valence-corrected chi connectivity index (χ3v) is 2.23. The molecule has 1 rings (SSSR count). The number of phenols is 1. The van der Waals surface area contributed by atoms with Crippen LogP contribution in [0.25, 0.3) is 0 Å². The maximum Gasteiger partial charge on any atom is 0.116 e. The van der Waals surface area contributed by atoms with Crippen LogP contribution in [0.15, 0.2) is 12.1 Å². The number of aryl methyl sites for hydroxylation is 2. The lowest BCUT2D eigenvalue weighted by molar-refractivity contribution is -0.413. The minimum atomic E-state index is 0. The number of aromatic hydroxyl groups is 1. The molecule has 0 bridgehead atoms. The fourth-order valence-electron chi connectivity index (χ4n) is 1.64. The fourth-order valence-corrected chi connectivity index (χ4v) is 1.64. The standard InChI is InChI=1S/C11H17NO.ClH/c1-7-4-10(13)5-8(2)11(7)6-9(3)12;/h4-5,9,13H,6,12H2,1-3H3;1H. The second-order valence-corrected chi connectivity index (χ2v) is 3.87. The Morgan fingerprint density at radius 3 is 2.07 bits per heavy atom. The van der Waals surface area contributed by atoms with E-state index in [9.17, 15) is 5.11 Å². The maximum atomic E-state index is 9.34. The van der Waals surface area contributed by atoms with E-state index in [2.05, 4.69) is 12.7 Å². The molecule has 2 nitrogen and oxygen atoms in total. The van der Waals surface area contributed by atoms with Gasteiger partial charge in [0.05, 0.1) is 6.04 Å².